The zero-order valence-corrected chi connectivity index (χ0v) is 15.0. The standard InChI is InChI=1S/C19H23N3O3/c1-13-6-5-7-16(10-13)24-9-8-22(4)12-18(23)21-19-17(11-20)14(2)15(3)25-19/h5-7,10H,8-9,12H2,1-4H3,(H,21,23). The molecule has 6 heteroatoms. The summed E-state index contributed by atoms with van der Waals surface area (Å²) in [5.41, 5.74) is 2.26. The van der Waals surface area contributed by atoms with Crippen molar-refractivity contribution in [3.05, 3.63) is 46.7 Å². The second-order valence-corrected chi connectivity index (χ2v) is 6.05. The lowest BCUT2D eigenvalue weighted by atomic mass is 10.2. The first kappa shape index (κ1) is 18.6. The van der Waals surface area contributed by atoms with Crippen molar-refractivity contribution in [3.8, 4) is 11.8 Å². The predicted molar refractivity (Wildman–Crippen MR) is 95.7 cm³/mol. The lowest BCUT2D eigenvalue weighted by Gasteiger charge is -2.16. The minimum atomic E-state index is -0.233. The predicted octanol–water partition coefficient (Wildman–Crippen LogP) is 3.03. The number of likely N-dealkylation sites (N-methyl/N-ethyl adjacent to an activating group) is 1. The van der Waals surface area contributed by atoms with Crippen LogP contribution in [0.4, 0.5) is 5.88 Å². The van der Waals surface area contributed by atoms with Crippen molar-refractivity contribution in [2.75, 3.05) is 32.1 Å². The molecule has 25 heavy (non-hydrogen) atoms. The minimum Gasteiger partial charge on any atom is -0.492 e. The molecule has 132 valence electrons. The normalized spacial score (nSPS) is 10.6. The van der Waals surface area contributed by atoms with Gasteiger partial charge < -0.3 is 9.15 Å². The van der Waals surface area contributed by atoms with Crippen LogP contribution in [0.25, 0.3) is 0 Å². The van der Waals surface area contributed by atoms with Gasteiger partial charge in [-0.3, -0.25) is 15.0 Å². The first-order chi connectivity index (χ1) is 11.9. The summed E-state index contributed by atoms with van der Waals surface area (Å²) in [5.74, 6) is 1.43. The maximum Gasteiger partial charge on any atom is 0.240 e. The Labute approximate surface area is 148 Å². The van der Waals surface area contributed by atoms with Gasteiger partial charge in [0.2, 0.25) is 11.8 Å². The van der Waals surface area contributed by atoms with E-state index in [-0.39, 0.29) is 18.3 Å². The van der Waals surface area contributed by atoms with Crippen LogP contribution < -0.4 is 10.1 Å². The Bertz CT molecular complexity index is 790. The average Bonchev–Trinajstić information content (AvgIpc) is 2.80. The van der Waals surface area contributed by atoms with Crippen LogP contribution in [0.5, 0.6) is 5.75 Å². The monoisotopic (exact) mass is 341 g/mol. The molecule has 1 amide bonds. The summed E-state index contributed by atoms with van der Waals surface area (Å²) in [6, 6.07) is 9.89. The Morgan fingerprint density at radius 1 is 1.36 bits per heavy atom. The van der Waals surface area contributed by atoms with E-state index in [1.807, 2.05) is 43.1 Å². The van der Waals surface area contributed by atoms with Crippen LogP contribution in [-0.2, 0) is 4.79 Å². The molecule has 0 radical (unpaired) electrons. The van der Waals surface area contributed by atoms with Crippen LogP contribution in [0, 0.1) is 32.1 Å². The first-order valence-corrected chi connectivity index (χ1v) is 8.08. The number of carbonyl (C=O) groups excluding carboxylic acids is 1. The fraction of sp³-hybridized carbons (Fsp3) is 0.368. The third kappa shape index (κ3) is 5.10. The van der Waals surface area contributed by atoms with E-state index in [1.54, 1.807) is 13.8 Å². The van der Waals surface area contributed by atoms with Gasteiger partial charge in [0.05, 0.1) is 6.54 Å². The Hall–Kier alpha value is -2.78. The van der Waals surface area contributed by atoms with E-state index in [4.69, 9.17) is 14.4 Å². The number of benzene rings is 1. The van der Waals surface area contributed by atoms with Gasteiger partial charge in [0.25, 0.3) is 0 Å². The third-order valence-electron chi connectivity index (χ3n) is 3.89. The van der Waals surface area contributed by atoms with E-state index in [9.17, 15) is 4.79 Å². The Morgan fingerprint density at radius 3 is 2.80 bits per heavy atom. The van der Waals surface area contributed by atoms with Gasteiger partial charge in [0.1, 0.15) is 29.7 Å². The molecular weight excluding hydrogens is 318 g/mol. The van der Waals surface area contributed by atoms with Gasteiger partial charge in [-0.15, -0.1) is 0 Å². The fourth-order valence-electron chi connectivity index (χ4n) is 2.36. The summed E-state index contributed by atoms with van der Waals surface area (Å²) in [4.78, 5) is 14.0. The number of nitrogens with zero attached hydrogens (tertiary/aromatic N) is 2. The molecule has 1 aromatic carbocycles. The second-order valence-electron chi connectivity index (χ2n) is 6.05. The molecule has 0 saturated heterocycles. The highest BCUT2D eigenvalue weighted by Gasteiger charge is 2.17. The van der Waals surface area contributed by atoms with Gasteiger partial charge in [0.15, 0.2) is 0 Å². The van der Waals surface area contributed by atoms with Crippen molar-refractivity contribution < 1.29 is 13.9 Å². The molecule has 2 aromatic rings. The molecule has 1 N–H and O–H groups in total. The van der Waals surface area contributed by atoms with Crippen molar-refractivity contribution in [2.24, 2.45) is 0 Å². The number of nitriles is 1. The molecule has 2 rings (SSSR count). The SMILES string of the molecule is Cc1cccc(OCCN(C)CC(=O)Nc2oc(C)c(C)c2C#N)c1. The first-order valence-electron chi connectivity index (χ1n) is 8.08. The number of amides is 1. The lowest BCUT2D eigenvalue weighted by molar-refractivity contribution is -0.117. The lowest BCUT2D eigenvalue weighted by Crippen LogP contribution is -2.33. The molecule has 0 bridgehead atoms. The number of anilines is 1. The number of carbonyl (C=O) groups is 1. The van der Waals surface area contributed by atoms with Gasteiger partial charge in [-0.1, -0.05) is 12.1 Å². The Morgan fingerprint density at radius 2 is 2.12 bits per heavy atom. The highest BCUT2D eigenvalue weighted by molar-refractivity contribution is 5.92. The molecule has 1 heterocycles. The minimum absolute atomic E-state index is 0.181. The maximum absolute atomic E-state index is 12.1. The quantitative estimate of drug-likeness (QED) is 0.837. The van der Waals surface area contributed by atoms with Crippen LogP contribution in [-0.4, -0.2) is 37.6 Å². The summed E-state index contributed by atoms with van der Waals surface area (Å²) in [5, 5.41) is 11.8. The van der Waals surface area contributed by atoms with E-state index in [0.29, 0.717) is 24.5 Å². The summed E-state index contributed by atoms with van der Waals surface area (Å²) in [6.45, 7) is 6.83. The van der Waals surface area contributed by atoms with Crippen molar-refractivity contribution in [1.29, 1.82) is 5.26 Å². The number of hydrogen-bond donors (Lipinski definition) is 1. The Kier molecular flexibility index (Phi) is 6.20. The average molecular weight is 341 g/mol. The molecule has 0 spiro atoms. The molecule has 1 aromatic heterocycles. The number of furan rings is 1. The zero-order chi connectivity index (χ0) is 18.4. The van der Waals surface area contributed by atoms with Gasteiger partial charge in [-0.2, -0.15) is 5.26 Å². The number of rotatable bonds is 7. The number of aryl methyl sites for hydroxylation is 2. The highest BCUT2D eigenvalue weighted by Crippen LogP contribution is 2.25. The van der Waals surface area contributed by atoms with Crippen molar-refractivity contribution in [2.45, 2.75) is 20.8 Å². The van der Waals surface area contributed by atoms with Crippen molar-refractivity contribution in [1.82, 2.24) is 4.90 Å². The summed E-state index contributed by atoms with van der Waals surface area (Å²) in [7, 11) is 1.84. The smallest absolute Gasteiger partial charge is 0.240 e. The maximum atomic E-state index is 12.1. The molecule has 0 fully saturated rings. The topological polar surface area (TPSA) is 78.5 Å². The van der Waals surface area contributed by atoms with Crippen LogP contribution in [0.2, 0.25) is 0 Å². The van der Waals surface area contributed by atoms with E-state index in [1.165, 1.54) is 0 Å². The molecule has 6 nitrogen and oxygen atoms in total. The molecule has 0 aliphatic rings. The van der Waals surface area contributed by atoms with Gasteiger partial charge in [-0.25, -0.2) is 0 Å². The summed E-state index contributed by atoms with van der Waals surface area (Å²) >= 11 is 0. The van der Waals surface area contributed by atoms with Crippen LogP contribution >= 0.6 is 0 Å². The van der Waals surface area contributed by atoms with E-state index < -0.39 is 0 Å². The summed E-state index contributed by atoms with van der Waals surface area (Å²) < 4.78 is 11.1. The fourth-order valence-corrected chi connectivity index (χ4v) is 2.36. The third-order valence-corrected chi connectivity index (χ3v) is 3.89. The number of nitrogens with one attached hydrogen (secondary N) is 1. The van der Waals surface area contributed by atoms with Crippen molar-refractivity contribution >= 4 is 11.8 Å². The van der Waals surface area contributed by atoms with E-state index in [0.717, 1.165) is 16.9 Å². The Balaban J connectivity index is 1.80. The van der Waals surface area contributed by atoms with Crippen LogP contribution in [0.1, 0.15) is 22.5 Å². The van der Waals surface area contributed by atoms with Gasteiger partial charge in [-0.05, 0) is 45.5 Å². The molecule has 0 atom stereocenters. The van der Waals surface area contributed by atoms with E-state index in [2.05, 4.69) is 11.4 Å². The van der Waals surface area contributed by atoms with Crippen LogP contribution in [0.15, 0.2) is 28.7 Å². The zero-order valence-electron chi connectivity index (χ0n) is 15.0. The highest BCUT2D eigenvalue weighted by atomic mass is 16.5. The van der Waals surface area contributed by atoms with Gasteiger partial charge in [0, 0.05) is 12.1 Å². The molecule has 0 unspecified atom stereocenters. The van der Waals surface area contributed by atoms with Crippen molar-refractivity contribution in [3.63, 3.8) is 0 Å². The summed E-state index contributed by atoms with van der Waals surface area (Å²) in [6.07, 6.45) is 0. The van der Waals surface area contributed by atoms with Crippen LogP contribution in [0.3, 0.4) is 0 Å². The van der Waals surface area contributed by atoms with Gasteiger partial charge >= 0.3 is 0 Å². The van der Waals surface area contributed by atoms with E-state index >= 15 is 0 Å². The number of ether oxygens (including phenoxy) is 1. The second kappa shape index (κ2) is 8.36. The largest absolute Gasteiger partial charge is 0.492 e. The molecule has 0 aliphatic heterocycles. The molecular formula is C19H23N3O3. The molecule has 0 aliphatic carbocycles. The number of hydrogen-bond acceptors (Lipinski definition) is 5. The molecule has 0 saturated carbocycles.